The van der Waals surface area contributed by atoms with E-state index < -0.39 is 0 Å². The van der Waals surface area contributed by atoms with Crippen molar-refractivity contribution in [3.05, 3.63) is 35.4 Å². The van der Waals surface area contributed by atoms with E-state index in [0.717, 1.165) is 25.7 Å². The largest absolute Gasteiger partial charge is 0.335 e. The Labute approximate surface area is 124 Å². The fourth-order valence-corrected chi connectivity index (χ4v) is 3.60. The number of rotatable bonds is 2. The van der Waals surface area contributed by atoms with Crippen LogP contribution in [0.2, 0.25) is 0 Å². The van der Waals surface area contributed by atoms with Crippen LogP contribution in [0.3, 0.4) is 0 Å². The zero-order chi connectivity index (χ0) is 14.8. The topological polar surface area (TPSA) is 61.2 Å². The molecule has 2 unspecified atom stereocenters. The molecule has 1 aromatic rings. The number of nitriles is 1. The van der Waals surface area contributed by atoms with Gasteiger partial charge in [0.15, 0.2) is 0 Å². The van der Waals surface area contributed by atoms with Crippen molar-refractivity contribution in [2.45, 2.75) is 38.1 Å². The van der Waals surface area contributed by atoms with Gasteiger partial charge in [0.25, 0.3) is 5.91 Å². The summed E-state index contributed by atoms with van der Waals surface area (Å²) in [5.41, 5.74) is 1.04. The molecule has 0 aromatic heterocycles. The summed E-state index contributed by atoms with van der Waals surface area (Å²) in [7, 11) is 0. The van der Waals surface area contributed by atoms with E-state index in [2.05, 4.69) is 6.07 Å². The van der Waals surface area contributed by atoms with Gasteiger partial charge in [-0.25, -0.2) is 0 Å². The number of hydrogen-bond acceptors (Lipinski definition) is 3. The van der Waals surface area contributed by atoms with Gasteiger partial charge in [-0.15, -0.1) is 0 Å². The van der Waals surface area contributed by atoms with Crippen molar-refractivity contribution in [2.24, 2.45) is 5.92 Å². The summed E-state index contributed by atoms with van der Waals surface area (Å²) in [5, 5.41) is 8.95. The second-order valence-corrected chi connectivity index (χ2v) is 5.87. The van der Waals surface area contributed by atoms with Crippen molar-refractivity contribution >= 4 is 11.7 Å². The van der Waals surface area contributed by atoms with E-state index in [1.54, 1.807) is 24.3 Å². The Morgan fingerprint density at radius 1 is 1.29 bits per heavy atom. The summed E-state index contributed by atoms with van der Waals surface area (Å²) < 4.78 is 0. The molecule has 3 rings (SSSR count). The van der Waals surface area contributed by atoms with Crippen molar-refractivity contribution in [3.8, 4) is 6.07 Å². The van der Waals surface area contributed by atoms with Crippen LogP contribution in [0.4, 0.5) is 0 Å². The summed E-state index contributed by atoms with van der Waals surface area (Å²) in [6, 6.07) is 8.92. The third kappa shape index (κ3) is 2.56. The van der Waals surface area contributed by atoms with Crippen molar-refractivity contribution in [2.75, 3.05) is 6.54 Å². The number of nitrogens with zero attached hydrogens (tertiary/aromatic N) is 2. The highest BCUT2D eigenvalue weighted by atomic mass is 16.2. The lowest BCUT2D eigenvalue weighted by molar-refractivity contribution is -0.121. The quantitative estimate of drug-likeness (QED) is 0.837. The highest BCUT2D eigenvalue weighted by Gasteiger charge is 2.40. The first-order valence-corrected chi connectivity index (χ1v) is 7.54. The maximum atomic E-state index is 12.7. The summed E-state index contributed by atoms with van der Waals surface area (Å²) in [6.07, 6.45) is 4.39. The summed E-state index contributed by atoms with van der Waals surface area (Å²) in [6.45, 7) is 0.712. The van der Waals surface area contributed by atoms with Crippen LogP contribution in [0.25, 0.3) is 0 Å². The Balaban J connectivity index is 1.83. The monoisotopic (exact) mass is 282 g/mol. The first-order chi connectivity index (χ1) is 10.2. The number of Topliss-reactive ketones (excluding diaryl/α,β-unsaturated/α-hetero) is 1. The summed E-state index contributed by atoms with van der Waals surface area (Å²) in [5.74, 6) is 0.287. The first-order valence-electron chi connectivity index (χ1n) is 7.54. The Morgan fingerprint density at radius 3 is 2.86 bits per heavy atom. The second kappa shape index (κ2) is 5.69. The average Bonchev–Trinajstić information content (AvgIpc) is 3.14. The van der Waals surface area contributed by atoms with Crippen molar-refractivity contribution in [1.29, 1.82) is 5.26 Å². The molecule has 1 aliphatic heterocycles. The van der Waals surface area contributed by atoms with Crippen LogP contribution in [-0.2, 0) is 4.79 Å². The SMILES string of the molecule is N#Cc1cccc(C(=O)N2CCCC2C2CCCC2=O)c1. The van der Waals surface area contributed by atoms with E-state index >= 15 is 0 Å². The van der Waals surface area contributed by atoms with E-state index in [1.807, 2.05) is 4.90 Å². The molecule has 1 amide bonds. The standard InChI is InChI=1S/C17H18N2O2/c18-11-12-4-1-5-13(10-12)17(21)19-9-3-7-15(19)14-6-2-8-16(14)20/h1,4-5,10,14-15H,2-3,6-9H2. The number of benzene rings is 1. The van der Waals surface area contributed by atoms with Gasteiger partial charge in [-0.3, -0.25) is 9.59 Å². The van der Waals surface area contributed by atoms with Crippen LogP contribution in [0, 0.1) is 17.2 Å². The Kier molecular flexibility index (Phi) is 3.74. The third-order valence-corrected chi connectivity index (χ3v) is 4.62. The Morgan fingerprint density at radius 2 is 2.14 bits per heavy atom. The number of carbonyl (C=O) groups excluding carboxylic acids is 2. The maximum absolute atomic E-state index is 12.7. The molecule has 2 fully saturated rings. The van der Waals surface area contributed by atoms with Gasteiger partial charge < -0.3 is 4.90 Å². The number of carbonyl (C=O) groups is 2. The molecule has 0 bridgehead atoms. The molecule has 0 radical (unpaired) electrons. The molecule has 2 atom stereocenters. The van der Waals surface area contributed by atoms with E-state index in [-0.39, 0.29) is 17.9 Å². The van der Waals surface area contributed by atoms with Gasteiger partial charge in [0, 0.05) is 30.5 Å². The molecular formula is C17H18N2O2. The average molecular weight is 282 g/mol. The normalized spacial score (nSPS) is 25.1. The first kappa shape index (κ1) is 13.8. The van der Waals surface area contributed by atoms with Crippen molar-refractivity contribution in [1.82, 2.24) is 4.90 Å². The minimum Gasteiger partial charge on any atom is -0.335 e. The zero-order valence-electron chi connectivity index (χ0n) is 11.9. The van der Waals surface area contributed by atoms with Gasteiger partial charge >= 0.3 is 0 Å². The van der Waals surface area contributed by atoms with E-state index in [1.165, 1.54) is 0 Å². The van der Waals surface area contributed by atoms with Gasteiger partial charge in [0.05, 0.1) is 11.6 Å². The van der Waals surface area contributed by atoms with Crippen LogP contribution in [0.1, 0.15) is 48.0 Å². The van der Waals surface area contributed by atoms with Gasteiger partial charge in [0.1, 0.15) is 5.78 Å². The van der Waals surface area contributed by atoms with Crippen LogP contribution < -0.4 is 0 Å². The van der Waals surface area contributed by atoms with Gasteiger partial charge in [-0.2, -0.15) is 5.26 Å². The molecule has 4 nitrogen and oxygen atoms in total. The van der Waals surface area contributed by atoms with Gasteiger partial charge in [-0.1, -0.05) is 6.07 Å². The van der Waals surface area contributed by atoms with Crippen LogP contribution in [-0.4, -0.2) is 29.2 Å². The molecular weight excluding hydrogens is 264 g/mol. The molecule has 1 aliphatic carbocycles. The molecule has 1 saturated carbocycles. The molecule has 0 spiro atoms. The lowest BCUT2D eigenvalue weighted by Gasteiger charge is -2.28. The molecule has 21 heavy (non-hydrogen) atoms. The fraction of sp³-hybridized carbons (Fsp3) is 0.471. The van der Waals surface area contributed by atoms with Crippen molar-refractivity contribution < 1.29 is 9.59 Å². The van der Waals surface area contributed by atoms with Crippen LogP contribution >= 0.6 is 0 Å². The molecule has 108 valence electrons. The van der Waals surface area contributed by atoms with Crippen LogP contribution in [0.5, 0.6) is 0 Å². The minimum absolute atomic E-state index is 0.0237. The second-order valence-electron chi connectivity index (χ2n) is 5.87. The molecule has 2 aliphatic rings. The fourth-order valence-electron chi connectivity index (χ4n) is 3.60. The predicted molar refractivity (Wildman–Crippen MR) is 77.6 cm³/mol. The minimum atomic E-state index is -0.0469. The number of ketones is 1. The lowest BCUT2D eigenvalue weighted by atomic mass is 9.94. The molecule has 1 heterocycles. The molecule has 4 heteroatoms. The van der Waals surface area contributed by atoms with Crippen molar-refractivity contribution in [3.63, 3.8) is 0 Å². The van der Waals surface area contributed by atoms with E-state index in [9.17, 15) is 9.59 Å². The van der Waals surface area contributed by atoms with E-state index in [4.69, 9.17) is 5.26 Å². The Bertz CT molecular complexity index is 617. The summed E-state index contributed by atoms with van der Waals surface area (Å²) in [4.78, 5) is 26.5. The number of likely N-dealkylation sites (tertiary alicyclic amines) is 1. The third-order valence-electron chi connectivity index (χ3n) is 4.62. The number of hydrogen-bond donors (Lipinski definition) is 0. The molecule has 0 N–H and O–H groups in total. The lowest BCUT2D eigenvalue weighted by Crippen LogP contribution is -2.41. The predicted octanol–water partition coefficient (Wildman–Crippen LogP) is 2.53. The Hall–Kier alpha value is -2.15. The van der Waals surface area contributed by atoms with E-state index in [0.29, 0.717) is 29.9 Å². The highest BCUT2D eigenvalue weighted by Crippen LogP contribution is 2.34. The smallest absolute Gasteiger partial charge is 0.254 e. The maximum Gasteiger partial charge on any atom is 0.254 e. The molecule has 1 aromatic carbocycles. The number of amides is 1. The highest BCUT2D eigenvalue weighted by molar-refractivity contribution is 5.95. The van der Waals surface area contributed by atoms with Gasteiger partial charge in [0.2, 0.25) is 0 Å². The van der Waals surface area contributed by atoms with Gasteiger partial charge in [-0.05, 0) is 43.9 Å². The van der Waals surface area contributed by atoms with Crippen LogP contribution in [0.15, 0.2) is 24.3 Å². The summed E-state index contributed by atoms with van der Waals surface area (Å²) >= 11 is 0. The molecule has 1 saturated heterocycles. The zero-order valence-corrected chi connectivity index (χ0v) is 11.9.